The van der Waals surface area contributed by atoms with Gasteiger partial charge in [-0.15, -0.1) is 0 Å². The lowest BCUT2D eigenvalue weighted by Gasteiger charge is -2.28. The summed E-state index contributed by atoms with van der Waals surface area (Å²) in [7, 11) is 0. The molecule has 9 rings (SSSR count). The van der Waals surface area contributed by atoms with E-state index in [2.05, 4.69) is 157 Å². The Balaban J connectivity index is 1.37. The predicted molar refractivity (Wildman–Crippen MR) is 186 cm³/mol. The van der Waals surface area contributed by atoms with Gasteiger partial charge in [0.15, 0.2) is 0 Å². The van der Waals surface area contributed by atoms with Crippen molar-refractivity contribution in [1.82, 2.24) is 0 Å². The highest BCUT2D eigenvalue weighted by Gasteiger charge is 2.20. The van der Waals surface area contributed by atoms with Crippen LogP contribution in [0.25, 0.3) is 65.4 Å². The van der Waals surface area contributed by atoms with E-state index in [1.807, 2.05) is 12.1 Å². The number of benzene rings is 8. The number of fused-ring (bicyclic) bond motifs is 8. The lowest BCUT2D eigenvalue weighted by Crippen LogP contribution is -2.11. The van der Waals surface area contributed by atoms with Crippen molar-refractivity contribution in [2.24, 2.45) is 0 Å². The Morgan fingerprint density at radius 1 is 0.341 bits per heavy atom. The number of anilines is 3. The van der Waals surface area contributed by atoms with Gasteiger partial charge in [0, 0.05) is 33.6 Å². The standard InChI is InChI=1S/C42H27NO/c1-2-11-28(12-3-1)30-14-10-15-31(25-30)43(32-22-24-38-37-19-8-9-20-41(37)44-42(38)26-32)40-27-39-33-16-5-4-13-29(33)21-23-35(39)34-17-6-7-18-36(34)40/h1-27H. The van der Waals surface area contributed by atoms with E-state index in [9.17, 15) is 0 Å². The second-order valence-electron chi connectivity index (χ2n) is 11.4. The molecule has 0 radical (unpaired) electrons. The van der Waals surface area contributed by atoms with Crippen LogP contribution in [-0.4, -0.2) is 0 Å². The molecule has 0 saturated heterocycles. The largest absolute Gasteiger partial charge is 0.456 e. The van der Waals surface area contributed by atoms with Crippen molar-refractivity contribution in [2.75, 3.05) is 4.90 Å². The van der Waals surface area contributed by atoms with Gasteiger partial charge in [-0.3, -0.25) is 0 Å². The van der Waals surface area contributed by atoms with Gasteiger partial charge in [-0.1, -0.05) is 121 Å². The van der Waals surface area contributed by atoms with Crippen LogP contribution in [0.15, 0.2) is 168 Å². The fourth-order valence-corrected chi connectivity index (χ4v) is 6.76. The van der Waals surface area contributed by atoms with Crippen molar-refractivity contribution in [2.45, 2.75) is 0 Å². The highest BCUT2D eigenvalue weighted by molar-refractivity contribution is 6.21. The molecule has 1 aromatic heterocycles. The first-order chi connectivity index (χ1) is 21.8. The molecule has 0 unspecified atom stereocenters. The molecule has 8 aromatic carbocycles. The number of furan rings is 1. The maximum absolute atomic E-state index is 6.40. The van der Waals surface area contributed by atoms with Gasteiger partial charge in [-0.2, -0.15) is 0 Å². The number of para-hydroxylation sites is 1. The average Bonchev–Trinajstić information content (AvgIpc) is 3.47. The summed E-state index contributed by atoms with van der Waals surface area (Å²) in [5, 5.41) is 9.68. The van der Waals surface area contributed by atoms with Crippen LogP contribution in [0.5, 0.6) is 0 Å². The van der Waals surface area contributed by atoms with Gasteiger partial charge < -0.3 is 9.32 Å². The van der Waals surface area contributed by atoms with Crippen LogP contribution in [0, 0.1) is 0 Å². The van der Waals surface area contributed by atoms with E-state index in [-0.39, 0.29) is 0 Å². The minimum absolute atomic E-state index is 0.878. The van der Waals surface area contributed by atoms with Crippen LogP contribution in [0.3, 0.4) is 0 Å². The summed E-state index contributed by atoms with van der Waals surface area (Å²) in [6.07, 6.45) is 0. The molecule has 0 amide bonds. The molecule has 0 aliphatic heterocycles. The summed E-state index contributed by atoms with van der Waals surface area (Å²) in [4.78, 5) is 2.39. The second kappa shape index (κ2) is 9.86. The third-order valence-electron chi connectivity index (χ3n) is 8.82. The maximum atomic E-state index is 6.40. The van der Waals surface area contributed by atoms with Crippen LogP contribution < -0.4 is 4.90 Å². The van der Waals surface area contributed by atoms with E-state index < -0.39 is 0 Å². The Morgan fingerprint density at radius 3 is 1.86 bits per heavy atom. The van der Waals surface area contributed by atoms with Gasteiger partial charge in [-0.05, 0) is 74.5 Å². The predicted octanol–water partition coefficient (Wildman–Crippen LogP) is 12.2. The smallest absolute Gasteiger partial charge is 0.137 e. The number of hydrogen-bond donors (Lipinski definition) is 0. The first kappa shape index (κ1) is 24.7. The highest BCUT2D eigenvalue weighted by Crippen LogP contribution is 2.45. The van der Waals surface area contributed by atoms with Gasteiger partial charge in [0.2, 0.25) is 0 Å². The fourth-order valence-electron chi connectivity index (χ4n) is 6.76. The molecule has 44 heavy (non-hydrogen) atoms. The van der Waals surface area contributed by atoms with Gasteiger partial charge >= 0.3 is 0 Å². The SMILES string of the molecule is c1ccc(-c2cccc(N(c3ccc4c(c3)oc3ccccc34)c3cc4c5ccccc5ccc4c4ccccc34)c2)cc1. The van der Waals surface area contributed by atoms with E-state index in [0.717, 1.165) is 39.0 Å². The van der Waals surface area contributed by atoms with E-state index >= 15 is 0 Å². The Morgan fingerprint density at radius 2 is 0.977 bits per heavy atom. The molecule has 0 aliphatic rings. The van der Waals surface area contributed by atoms with E-state index in [1.54, 1.807) is 0 Å². The van der Waals surface area contributed by atoms with Crippen molar-refractivity contribution in [1.29, 1.82) is 0 Å². The molecule has 206 valence electrons. The number of rotatable bonds is 4. The summed E-state index contributed by atoms with van der Waals surface area (Å²) in [6.45, 7) is 0. The van der Waals surface area contributed by atoms with Gasteiger partial charge in [-0.25, -0.2) is 0 Å². The monoisotopic (exact) mass is 561 g/mol. The number of nitrogens with zero attached hydrogens (tertiary/aromatic N) is 1. The molecule has 2 heteroatoms. The fraction of sp³-hybridized carbons (Fsp3) is 0. The molecule has 0 atom stereocenters. The highest BCUT2D eigenvalue weighted by atomic mass is 16.3. The van der Waals surface area contributed by atoms with Crippen molar-refractivity contribution < 1.29 is 4.42 Å². The quantitative estimate of drug-likeness (QED) is 0.199. The molecule has 0 aliphatic carbocycles. The van der Waals surface area contributed by atoms with Crippen LogP contribution >= 0.6 is 0 Å². The zero-order valence-electron chi connectivity index (χ0n) is 23.9. The molecule has 1 heterocycles. The van der Waals surface area contributed by atoms with Crippen molar-refractivity contribution in [3.63, 3.8) is 0 Å². The Bertz CT molecular complexity index is 2510. The van der Waals surface area contributed by atoms with Gasteiger partial charge in [0.05, 0.1) is 5.69 Å². The van der Waals surface area contributed by atoms with Crippen molar-refractivity contribution in [3.05, 3.63) is 164 Å². The first-order valence-corrected chi connectivity index (χ1v) is 15.0. The lowest BCUT2D eigenvalue weighted by atomic mass is 9.95. The molecule has 0 fully saturated rings. The first-order valence-electron chi connectivity index (χ1n) is 15.0. The van der Waals surface area contributed by atoms with Crippen molar-refractivity contribution in [3.8, 4) is 11.1 Å². The third-order valence-corrected chi connectivity index (χ3v) is 8.82. The minimum atomic E-state index is 0.878. The molecule has 9 aromatic rings. The maximum Gasteiger partial charge on any atom is 0.137 e. The zero-order valence-corrected chi connectivity index (χ0v) is 23.9. The van der Waals surface area contributed by atoms with E-state index in [0.29, 0.717) is 0 Å². The lowest BCUT2D eigenvalue weighted by molar-refractivity contribution is 0.669. The summed E-state index contributed by atoms with van der Waals surface area (Å²) in [5.41, 5.74) is 7.41. The Hall–Kier alpha value is -5.86. The van der Waals surface area contributed by atoms with E-state index in [1.165, 1.54) is 43.4 Å². The summed E-state index contributed by atoms with van der Waals surface area (Å²) < 4.78 is 6.40. The molecular formula is C42H27NO. The molecule has 2 nitrogen and oxygen atoms in total. The Labute approximate surface area is 255 Å². The minimum Gasteiger partial charge on any atom is -0.456 e. The van der Waals surface area contributed by atoms with Gasteiger partial charge in [0.25, 0.3) is 0 Å². The number of hydrogen-bond acceptors (Lipinski definition) is 2. The van der Waals surface area contributed by atoms with E-state index in [4.69, 9.17) is 4.42 Å². The van der Waals surface area contributed by atoms with Crippen LogP contribution in [0.2, 0.25) is 0 Å². The molecular weight excluding hydrogens is 534 g/mol. The Kier molecular flexibility index (Phi) is 5.54. The summed E-state index contributed by atoms with van der Waals surface area (Å²) in [5.74, 6) is 0. The summed E-state index contributed by atoms with van der Waals surface area (Å²) >= 11 is 0. The molecule has 0 bridgehead atoms. The van der Waals surface area contributed by atoms with Crippen LogP contribution in [0.1, 0.15) is 0 Å². The third kappa shape index (κ3) is 3.89. The van der Waals surface area contributed by atoms with Gasteiger partial charge in [0.1, 0.15) is 11.2 Å². The molecule has 0 spiro atoms. The van der Waals surface area contributed by atoms with Crippen molar-refractivity contribution >= 4 is 71.3 Å². The van der Waals surface area contributed by atoms with Crippen LogP contribution in [-0.2, 0) is 0 Å². The second-order valence-corrected chi connectivity index (χ2v) is 11.4. The average molecular weight is 562 g/mol. The summed E-state index contributed by atoms with van der Waals surface area (Å²) in [6, 6.07) is 58.6. The normalized spacial score (nSPS) is 11.6. The van der Waals surface area contributed by atoms with Crippen LogP contribution in [0.4, 0.5) is 17.1 Å². The molecule has 0 N–H and O–H groups in total. The topological polar surface area (TPSA) is 16.4 Å². The molecule has 0 saturated carbocycles. The zero-order chi connectivity index (χ0) is 29.0.